The van der Waals surface area contributed by atoms with E-state index in [1.807, 2.05) is 4.90 Å². The lowest BCUT2D eigenvalue weighted by atomic mass is 9.75. The summed E-state index contributed by atoms with van der Waals surface area (Å²) in [7, 11) is 1.50. The lowest BCUT2D eigenvalue weighted by molar-refractivity contribution is -0.130. The van der Waals surface area contributed by atoms with Crippen LogP contribution in [0.2, 0.25) is 0 Å². The van der Waals surface area contributed by atoms with Gasteiger partial charge < -0.3 is 25.6 Å². The van der Waals surface area contributed by atoms with Gasteiger partial charge in [-0.05, 0) is 43.4 Å². The number of carbonyl (C=O) groups excluding carboxylic acids is 2. The van der Waals surface area contributed by atoms with Crippen molar-refractivity contribution in [2.45, 2.75) is 49.9 Å². The molecule has 33 heavy (non-hydrogen) atoms. The number of aromatic nitrogens is 1. The lowest BCUT2D eigenvalue weighted by Gasteiger charge is -2.42. The van der Waals surface area contributed by atoms with Gasteiger partial charge in [0, 0.05) is 24.7 Å². The Kier molecular flexibility index (Phi) is 4.94. The third-order valence-corrected chi connectivity index (χ3v) is 6.51. The van der Waals surface area contributed by atoms with Gasteiger partial charge in [-0.15, -0.1) is 0 Å². The van der Waals surface area contributed by atoms with E-state index in [9.17, 15) is 19.1 Å². The molecular weight excluding hydrogens is 429 g/mol. The Hall–Kier alpha value is -3.71. The van der Waals surface area contributed by atoms with Crippen molar-refractivity contribution in [2.75, 3.05) is 7.05 Å². The van der Waals surface area contributed by atoms with E-state index >= 15 is 0 Å². The number of benzene rings is 1. The number of hydrogen-bond acceptors (Lipinski definition) is 7. The number of nitrogens with two attached hydrogens (primary N) is 1. The molecule has 2 aromatic rings. The van der Waals surface area contributed by atoms with E-state index in [0.29, 0.717) is 17.2 Å². The molecule has 4 N–H and O–H groups in total. The van der Waals surface area contributed by atoms with Gasteiger partial charge in [-0.1, -0.05) is 17.0 Å². The summed E-state index contributed by atoms with van der Waals surface area (Å²) in [5, 5.41) is 16.6. The zero-order valence-electron chi connectivity index (χ0n) is 18.0. The minimum Gasteiger partial charge on any atom is -0.374 e. The molecule has 170 valence electrons. The quantitative estimate of drug-likeness (QED) is 0.582. The van der Waals surface area contributed by atoms with Gasteiger partial charge in [-0.3, -0.25) is 14.6 Å². The molecule has 1 fully saturated rings. The summed E-state index contributed by atoms with van der Waals surface area (Å²) in [5.41, 5.74) is 7.26. The van der Waals surface area contributed by atoms with E-state index in [0.717, 1.165) is 18.4 Å². The van der Waals surface area contributed by atoms with Crippen molar-refractivity contribution in [3.8, 4) is 11.8 Å². The third-order valence-electron chi connectivity index (χ3n) is 6.51. The van der Waals surface area contributed by atoms with Gasteiger partial charge in [0.25, 0.3) is 0 Å². The first-order chi connectivity index (χ1) is 15.8. The highest BCUT2D eigenvalue weighted by Gasteiger charge is 2.53. The normalized spacial score (nSPS) is 25.5. The van der Waals surface area contributed by atoms with Gasteiger partial charge in [0.1, 0.15) is 29.1 Å². The molecule has 3 aliphatic heterocycles. The monoisotopic (exact) mass is 451 g/mol. The van der Waals surface area contributed by atoms with E-state index in [1.165, 1.54) is 13.1 Å². The molecule has 9 nitrogen and oxygen atoms in total. The molecule has 2 bridgehead atoms. The zero-order valence-corrected chi connectivity index (χ0v) is 18.0. The van der Waals surface area contributed by atoms with E-state index in [1.54, 1.807) is 19.1 Å². The van der Waals surface area contributed by atoms with Crippen molar-refractivity contribution >= 4 is 17.6 Å². The number of primary amides is 1. The maximum atomic E-state index is 15.0. The summed E-state index contributed by atoms with van der Waals surface area (Å²) in [6.45, 7) is 1.69. The Morgan fingerprint density at radius 1 is 1.36 bits per heavy atom. The number of likely N-dealkylation sites (N-methyl/N-ethyl adjacent to an activating group) is 1. The van der Waals surface area contributed by atoms with Gasteiger partial charge in [0.15, 0.2) is 12.1 Å². The van der Waals surface area contributed by atoms with Crippen LogP contribution in [0.4, 0.5) is 4.39 Å². The highest BCUT2D eigenvalue weighted by atomic mass is 19.1. The molecule has 3 atom stereocenters. The van der Waals surface area contributed by atoms with Gasteiger partial charge >= 0.3 is 0 Å². The van der Waals surface area contributed by atoms with Crippen LogP contribution in [0.15, 0.2) is 27.7 Å². The van der Waals surface area contributed by atoms with Crippen LogP contribution in [-0.2, 0) is 9.59 Å². The van der Waals surface area contributed by atoms with E-state index in [4.69, 9.17) is 10.3 Å². The zero-order chi connectivity index (χ0) is 23.4. The number of hydrogen-bond donors (Lipinski definition) is 3. The van der Waals surface area contributed by atoms with Crippen molar-refractivity contribution in [2.24, 2.45) is 10.7 Å². The molecule has 0 radical (unpaired) electrons. The Balaban J connectivity index is 1.58. The molecular formula is C23H22FN5O4. The number of aliphatic hydroxyl groups is 1. The van der Waals surface area contributed by atoms with Crippen LogP contribution in [0.3, 0.4) is 0 Å². The minimum absolute atomic E-state index is 0.00243. The number of aryl methyl sites for hydroxylation is 1. The SMILES string of the molecule is CNC(=O)C1C(C(N)=O)N=C2c3cc(C#CC(O)c4cc(C)on4)c(F)cc3C3CC(C3)N21. The second-order valence-corrected chi connectivity index (χ2v) is 8.54. The van der Waals surface area contributed by atoms with Crippen LogP contribution in [0.5, 0.6) is 0 Å². The van der Waals surface area contributed by atoms with Crippen LogP contribution in [0.1, 0.15) is 53.0 Å². The first kappa shape index (κ1) is 21.2. The molecule has 4 heterocycles. The van der Waals surface area contributed by atoms with Crippen molar-refractivity contribution < 1.29 is 23.6 Å². The van der Waals surface area contributed by atoms with Crippen LogP contribution >= 0.6 is 0 Å². The van der Waals surface area contributed by atoms with Gasteiger partial charge in [-0.2, -0.15) is 0 Å². The fraction of sp³-hybridized carbons (Fsp3) is 0.391. The molecule has 1 aromatic heterocycles. The number of aliphatic hydroxyl groups excluding tert-OH is 1. The molecule has 4 aliphatic rings. The van der Waals surface area contributed by atoms with Gasteiger partial charge in [-0.25, -0.2) is 4.39 Å². The molecule has 6 rings (SSSR count). The van der Waals surface area contributed by atoms with Crippen molar-refractivity contribution in [3.05, 3.63) is 52.2 Å². The number of amidine groups is 1. The number of nitrogens with one attached hydrogen (secondary N) is 1. The van der Waals surface area contributed by atoms with Crippen LogP contribution in [0, 0.1) is 24.6 Å². The molecule has 0 saturated heterocycles. The molecule has 0 spiro atoms. The Morgan fingerprint density at radius 2 is 2.12 bits per heavy atom. The minimum atomic E-state index is -1.24. The maximum Gasteiger partial charge on any atom is 0.245 e. The molecule has 2 amide bonds. The highest BCUT2D eigenvalue weighted by Crippen LogP contribution is 2.48. The third kappa shape index (κ3) is 3.36. The number of aliphatic imine (C=N–C) groups is 1. The Labute approximate surface area is 188 Å². The summed E-state index contributed by atoms with van der Waals surface area (Å²) in [4.78, 5) is 31.1. The smallest absolute Gasteiger partial charge is 0.245 e. The average molecular weight is 451 g/mol. The average Bonchev–Trinajstić information content (AvgIpc) is 3.30. The lowest BCUT2D eigenvalue weighted by Crippen LogP contribution is -2.57. The number of amides is 2. The number of halogens is 1. The van der Waals surface area contributed by atoms with Crippen molar-refractivity contribution in [3.63, 3.8) is 0 Å². The molecule has 1 aliphatic carbocycles. The second kappa shape index (κ2) is 7.71. The Bertz CT molecular complexity index is 1250. The predicted octanol–water partition coefficient (Wildman–Crippen LogP) is 0.498. The summed E-state index contributed by atoms with van der Waals surface area (Å²) in [5.74, 6) is 4.79. The Morgan fingerprint density at radius 3 is 2.76 bits per heavy atom. The molecule has 10 heteroatoms. The topological polar surface area (TPSA) is 134 Å². The summed E-state index contributed by atoms with van der Waals surface area (Å²) in [6, 6.07) is 2.66. The molecule has 1 saturated carbocycles. The van der Waals surface area contributed by atoms with Crippen LogP contribution in [-0.4, -0.2) is 58.0 Å². The van der Waals surface area contributed by atoms with E-state index < -0.39 is 29.9 Å². The summed E-state index contributed by atoms with van der Waals surface area (Å²) in [6.07, 6.45) is 0.199. The standard InChI is InChI=1S/C23H22FN5O4/c1-10-5-17(28-33-10)18(30)4-3-11-8-15-14(9-16(11)24)12-6-13(7-12)29-20(23(32)26-2)19(21(25)31)27-22(15)29/h5,8-9,12-13,18-20,30H,6-7H2,1-2H3,(H2,25,31)(H,26,32). The first-order valence-corrected chi connectivity index (χ1v) is 10.6. The first-order valence-electron chi connectivity index (χ1n) is 10.6. The molecule has 1 aromatic carbocycles. The van der Waals surface area contributed by atoms with Crippen molar-refractivity contribution in [1.29, 1.82) is 0 Å². The van der Waals surface area contributed by atoms with Gasteiger partial charge in [0.05, 0.1) is 5.56 Å². The summed E-state index contributed by atoms with van der Waals surface area (Å²) >= 11 is 0. The molecule has 3 unspecified atom stereocenters. The number of nitrogens with zero attached hydrogens (tertiary/aromatic N) is 3. The van der Waals surface area contributed by atoms with Gasteiger partial charge in [0.2, 0.25) is 11.8 Å². The van der Waals surface area contributed by atoms with Crippen molar-refractivity contribution in [1.82, 2.24) is 15.4 Å². The number of carbonyl (C=O) groups is 2. The largest absolute Gasteiger partial charge is 0.374 e. The highest BCUT2D eigenvalue weighted by molar-refractivity contribution is 6.09. The van der Waals surface area contributed by atoms with E-state index in [-0.39, 0.29) is 29.1 Å². The number of rotatable bonds is 3. The summed E-state index contributed by atoms with van der Waals surface area (Å²) < 4.78 is 19.9. The van der Waals surface area contributed by atoms with E-state index in [2.05, 4.69) is 27.3 Å². The predicted molar refractivity (Wildman–Crippen MR) is 114 cm³/mol. The fourth-order valence-electron chi connectivity index (χ4n) is 4.82. The van der Waals surface area contributed by atoms with Crippen LogP contribution in [0.25, 0.3) is 0 Å². The second-order valence-electron chi connectivity index (χ2n) is 8.54. The van der Waals surface area contributed by atoms with Crippen LogP contribution < -0.4 is 11.1 Å². The fourth-order valence-corrected chi connectivity index (χ4v) is 4.82. The maximum absolute atomic E-state index is 15.0.